The van der Waals surface area contributed by atoms with E-state index in [2.05, 4.69) is 27.0 Å². The lowest BCUT2D eigenvalue weighted by Gasteiger charge is -2.29. The standard InChI is InChI=1S/C23H25N5O/c1-15-5-10-18-19(13-15)26-23(25-18)21-20(29)14-28(22(21)24)17-8-6-16(7-9-17)27-11-3-2-4-12-27/h5-10,13,24,29H,2-4,11-12,14H2,1H3,(H,25,26). The number of aryl methyl sites for hydroxylation is 1. The summed E-state index contributed by atoms with van der Waals surface area (Å²) in [6.07, 6.45) is 3.81. The van der Waals surface area contributed by atoms with Crippen molar-refractivity contribution in [2.45, 2.75) is 26.2 Å². The van der Waals surface area contributed by atoms with Crippen LogP contribution in [0.5, 0.6) is 0 Å². The Kier molecular flexibility index (Phi) is 4.27. The molecule has 6 nitrogen and oxygen atoms in total. The van der Waals surface area contributed by atoms with Gasteiger partial charge in [-0.3, -0.25) is 5.41 Å². The molecule has 0 radical (unpaired) electrons. The average Bonchev–Trinajstić information content (AvgIpc) is 3.28. The fourth-order valence-corrected chi connectivity index (χ4v) is 4.29. The van der Waals surface area contributed by atoms with Crippen molar-refractivity contribution in [1.82, 2.24) is 9.97 Å². The van der Waals surface area contributed by atoms with Crippen LogP contribution in [-0.4, -0.2) is 40.5 Å². The van der Waals surface area contributed by atoms with Gasteiger partial charge < -0.3 is 19.9 Å². The zero-order valence-electron chi connectivity index (χ0n) is 16.6. The van der Waals surface area contributed by atoms with Crippen LogP contribution < -0.4 is 9.80 Å². The first kappa shape index (κ1) is 17.8. The number of H-pyrrole nitrogens is 1. The summed E-state index contributed by atoms with van der Waals surface area (Å²) < 4.78 is 0. The summed E-state index contributed by atoms with van der Waals surface area (Å²) in [5, 5.41) is 19.3. The predicted molar refractivity (Wildman–Crippen MR) is 118 cm³/mol. The van der Waals surface area contributed by atoms with Crippen LogP contribution in [0.4, 0.5) is 11.4 Å². The van der Waals surface area contributed by atoms with Crippen molar-refractivity contribution in [1.29, 1.82) is 5.41 Å². The summed E-state index contributed by atoms with van der Waals surface area (Å²) in [5.74, 6) is 0.982. The summed E-state index contributed by atoms with van der Waals surface area (Å²) in [4.78, 5) is 12.1. The molecule has 29 heavy (non-hydrogen) atoms. The lowest BCUT2D eigenvalue weighted by atomic mass is 10.1. The van der Waals surface area contributed by atoms with Gasteiger partial charge in [0, 0.05) is 24.5 Å². The summed E-state index contributed by atoms with van der Waals surface area (Å²) in [6.45, 7) is 4.53. The van der Waals surface area contributed by atoms with Crippen LogP contribution in [0.25, 0.3) is 16.6 Å². The molecule has 0 unspecified atom stereocenters. The highest BCUT2D eigenvalue weighted by Crippen LogP contribution is 2.32. The number of aliphatic hydroxyl groups excluding tert-OH is 1. The minimum absolute atomic E-state index is 0.172. The van der Waals surface area contributed by atoms with Gasteiger partial charge in [-0.05, 0) is 68.1 Å². The van der Waals surface area contributed by atoms with Gasteiger partial charge in [-0.25, -0.2) is 4.98 Å². The van der Waals surface area contributed by atoms with Crippen molar-refractivity contribution in [3.05, 3.63) is 59.6 Å². The Morgan fingerprint density at radius 3 is 2.48 bits per heavy atom. The highest BCUT2D eigenvalue weighted by Gasteiger charge is 2.31. The van der Waals surface area contributed by atoms with Crippen LogP contribution in [0.2, 0.25) is 0 Å². The van der Waals surface area contributed by atoms with E-state index in [0.29, 0.717) is 11.4 Å². The van der Waals surface area contributed by atoms with Crippen LogP contribution in [0.15, 0.2) is 48.2 Å². The molecule has 3 aromatic rings. The number of piperidine rings is 1. The number of fused-ring (bicyclic) bond motifs is 1. The number of rotatable bonds is 3. The average molecular weight is 387 g/mol. The van der Waals surface area contributed by atoms with Crippen LogP contribution in [-0.2, 0) is 0 Å². The Morgan fingerprint density at radius 2 is 1.72 bits per heavy atom. The number of nitrogens with zero attached hydrogens (tertiary/aromatic N) is 3. The fourth-order valence-electron chi connectivity index (χ4n) is 4.29. The number of nitrogens with one attached hydrogen (secondary N) is 2. The Morgan fingerprint density at radius 1 is 1.00 bits per heavy atom. The number of anilines is 2. The number of benzene rings is 2. The minimum Gasteiger partial charge on any atom is -0.509 e. The van der Waals surface area contributed by atoms with E-state index in [1.165, 1.54) is 24.9 Å². The number of aromatic amines is 1. The molecular formula is C23H25N5O. The highest BCUT2D eigenvalue weighted by atomic mass is 16.3. The smallest absolute Gasteiger partial charge is 0.145 e. The van der Waals surface area contributed by atoms with Gasteiger partial charge in [0.15, 0.2) is 0 Å². The molecule has 1 fully saturated rings. The second-order valence-corrected chi connectivity index (χ2v) is 7.93. The summed E-state index contributed by atoms with van der Waals surface area (Å²) in [5.41, 5.74) is 5.50. The molecule has 2 aromatic carbocycles. The summed E-state index contributed by atoms with van der Waals surface area (Å²) >= 11 is 0. The third-order valence-electron chi connectivity index (χ3n) is 5.86. The van der Waals surface area contributed by atoms with Crippen LogP contribution >= 0.6 is 0 Å². The van der Waals surface area contributed by atoms with Crippen molar-refractivity contribution in [3.63, 3.8) is 0 Å². The van der Waals surface area contributed by atoms with Crippen molar-refractivity contribution >= 4 is 33.8 Å². The molecule has 0 saturated carbocycles. The molecule has 0 aliphatic carbocycles. The number of hydrogen-bond donors (Lipinski definition) is 3. The van der Waals surface area contributed by atoms with Gasteiger partial charge in [0.25, 0.3) is 0 Å². The Bertz CT molecular complexity index is 1110. The Labute approximate surface area is 170 Å². The Hall–Kier alpha value is -3.28. The molecule has 0 bridgehead atoms. The first-order chi connectivity index (χ1) is 14.1. The molecule has 1 aromatic heterocycles. The monoisotopic (exact) mass is 387 g/mol. The lowest BCUT2D eigenvalue weighted by molar-refractivity contribution is 0.411. The van der Waals surface area contributed by atoms with Crippen molar-refractivity contribution < 1.29 is 5.11 Å². The molecule has 148 valence electrons. The molecule has 0 amide bonds. The largest absolute Gasteiger partial charge is 0.509 e. The van der Waals surface area contributed by atoms with E-state index in [9.17, 15) is 5.11 Å². The quantitative estimate of drug-likeness (QED) is 0.612. The molecule has 6 heteroatoms. The molecule has 2 aliphatic rings. The SMILES string of the molecule is Cc1ccc2nc(C3=C(O)CN(c4ccc(N5CCCCC5)cc4)C3=N)[nH]c2c1. The number of hydrogen-bond acceptors (Lipinski definition) is 4. The first-order valence-electron chi connectivity index (χ1n) is 10.2. The number of amidine groups is 1. The van der Waals surface area contributed by atoms with Crippen LogP contribution in [0, 0.1) is 12.3 Å². The Balaban J connectivity index is 1.40. The summed E-state index contributed by atoms with van der Waals surface area (Å²) in [6, 6.07) is 14.3. The number of imidazole rings is 1. The van der Waals surface area contributed by atoms with E-state index in [4.69, 9.17) is 5.41 Å². The second-order valence-electron chi connectivity index (χ2n) is 7.93. The summed E-state index contributed by atoms with van der Waals surface area (Å²) in [7, 11) is 0. The van der Waals surface area contributed by atoms with Crippen molar-refractivity contribution in [3.8, 4) is 0 Å². The van der Waals surface area contributed by atoms with E-state index in [0.717, 1.165) is 35.4 Å². The highest BCUT2D eigenvalue weighted by molar-refractivity contribution is 6.30. The first-order valence-corrected chi connectivity index (χ1v) is 10.2. The van der Waals surface area contributed by atoms with E-state index >= 15 is 0 Å². The van der Waals surface area contributed by atoms with Gasteiger partial charge in [0.2, 0.25) is 0 Å². The zero-order chi connectivity index (χ0) is 20.0. The van der Waals surface area contributed by atoms with E-state index in [-0.39, 0.29) is 18.1 Å². The normalized spacial score (nSPS) is 17.6. The zero-order valence-corrected chi connectivity index (χ0v) is 16.6. The topological polar surface area (TPSA) is 79.2 Å². The fraction of sp³-hybridized carbons (Fsp3) is 0.304. The van der Waals surface area contributed by atoms with Crippen LogP contribution in [0.1, 0.15) is 30.7 Å². The van der Waals surface area contributed by atoms with Gasteiger partial charge in [-0.2, -0.15) is 0 Å². The van der Waals surface area contributed by atoms with Gasteiger partial charge >= 0.3 is 0 Å². The molecule has 3 heterocycles. The number of aromatic nitrogens is 2. The maximum absolute atomic E-state index is 10.6. The molecular weight excluding hydrogens is 362 g/mol. The van der Waals surface area contributed by atoms with Gasteiger partial charge in [-0.1, -0.05) is 6.07 Å². The van der Waals surface area contributed by atoms with Crippen LogP contribution in [0.3, 0.4) is 0 Å². The molecule has 0 atom stereocenters. The molecule has 1 saturated heterocycles. The predicted octanol–water partition coefficient (Wildman–Crippen LogP) is 4.63. The van der Waals surface area contributed by atoms with Crippen molar-refractivity contribution in [2.75, 3.05) is 29.4 Å². The molecule has 5 rings (SSSR count). The van der Waals surface area contributed by atoms with Gasteiger partial charge in [0.05, 0.1) is 23.2 Å². The molecule has 3 N–H and O–H groups in total. The lowest BCUT2D eigenvalue weighted by Crippen LogP contribution is -2.29. The van der Waals surface area contributed by atoms with E-state index < -0.39 is 0 Å². The molecule has 0 spiro atoms. The maximum Gasteiger partial charge on any atom is 0.145 e. The second kappa shape index (κ2) is 6.95. The maximum atomic E-state index is 10.6. The van der Waals surface area contributed by atoms with Gasteiger partial charge in [0.1, 0.15) is 17.4 Å². The third kappa shape index (κ3) is 3.14. The van der Waals surface area contributed by atoms with Crippen molar-refractivity contribution in [2.24, 2.45) is 0 Å². The van der Waals surface area contributed by atoms with E-state index in [1.54, 1.807) is 0 Å². The minimum atomic E-state index is 0.172. The number of aliphatic hydroxyl groups is 1. The third-order valence-corrected chi connectivity index (χ3v) is 5.86. The van der Waals surface area contributed by atoms with Gasteiger partial charge in [-0.15, -0.1) is 0 Å². The molecule has 2 aliphatic heterocycles. The van der Waals surface area contributed by atoms with E-state index in [1.807, 2.05) is 42.2 Å².